The summed E-state index contributed by atoms with van der Waals surface area (Å²) in [7, 11) is 0. The van der Waals surface area contributed by atoms with Crippen LogP contribution < -0.4 is 0 Å². The maximum atomic E-state index is 10.9. The monoisotopic (exact) mass is 280 g/mol. The highest BCUT2D eigenvalue weighted by molar-refractivity contribution is 7.99. The second kappa shape index (κ2) is 6.00. The number of carbonyl (C=O) groups is 1. The van der Waals surface area contributed by atoms with E-state index in [0.717, 1.165) is 5.75 Å². The number of carboxylic acid groups (broad SMARTS) is 1. The van der Waals surface area contributed by atoms with Crippen molar-refractivity contribution in [3.63, 3.8) is 0 Å². The number of rotatable bonds is 4. The molecule has 106 valence electrons. The van der Waals surface area contributed by atoms with Gasteiger partial charge in [0, 0.05) is 5.75 Å². The quantitative estimate of drug-likeness (QED) is 0.893. The van der Waals surface area contributed by atoms with Gasteiger partial charge < -0.3 is 5.11 Å². The summed E-state index contributed by atoms with van der Waals surface area (Å²) in [6.07, 6.45) is 0. The van der Waals surface area contributed by atoms with E-state index in [1.807, 2.05) is 0 Å². The molecule has 1 unspecified atom stereocenters. The molecule has 1 N–H and O–H groups in total. The molecule has 1 rings (SSSR count). The summed E-state index contributed by atoms with van der Waals surface area (Å²) >= 11 is 1.48. The summed E-state index contributed by atoms with van der Waals surface area (Å²) in [6.45, 7) is 12.6. The van der Waals surface area contributed by atoms with Crippen LogP contribution in [0.2, 0.25) is 0 Å². The fourth-order valence-electron chi connectivity index (χ4n) is 1.93. The van der Waals surface area contributed by atoms with E-state index in [4.69, 9.17) is 5.11 Å². The van der Waals surface area contributed by atoms with Crippen LogP contribution >= 0.6 is 11.8 Å². The standard InChI is InChI=1S/C16H24O2S/c1-10-7-13(16(4,5)6)8-11(2)14(10)9-19-12(3)15(17)18/h7-8,12H,9H2,1-6H3,(H,17,18). The average molecular weight is 280 g/mol. The molecular weight excluding hydrogens is 256 g/mol. The lowest BCUT2D eigenvalue weighted by molar-refractivity contribution is -0.136. The summed E-state index contributed by atoms with van der Waals surface area (Å²) in [5, 5.41) is 8.57. The van der Waals surface area contributed by atoms with Crippen LogP contribution in [0.4, 0.5) is 0 Å². The smallest absolute Gasteiger partial charge is 0.316 e. The number of thioether (sulfide) groups is 1. The molecule has 0 aliphatic rings. The van der Waals surface area contributed by atoms with Crippen molar-refractivity contribution in [2.24, 2.45) is 0 Å². The molecule has 0 amide bonds. The van der Waals surface area contributed by atoms with Gasteiger partial charge in [-0.2, -0.15) is 0 Å². The lowest BCUT2D eigenvalue weighted by Gasteiger charge is -2.22. The van der Waals surface area contributed by atoms with Crippen molar-refractivity contribution >= 4 is 17.7 Å². The zero-order valence-electron chi connectivity index (χ0n) is 12.7. The van der Waals surface area contributed by atoms with Gasteiger partial charge in [0.1, 0.15) is 0 Å². The van der Waals surface area contributed by atoms with Gasteiger partial charge in [-0.3, -0.25) is 4.79 Å². The highest BCUT2D eigenvalue weighted by Crippen LogP contribution is 2.29. The molecule has 0 aliphatic heterocycles. The second-order valence-corrected chi connectivity index (χ2v) is 7.46. The fraction of sp³-hybridized carbons (Fsp3) is 0.562. The first-order valence-corrected chi connectivity index (χ1v) is 7.63. The molecule has 0 saturated carbocycles. The van der Waals surface area contributed by atoms with Crippen LogP contribution in [0.3, 0.4) is 0 Å². The maximum absolute atomic E-state index is 10.9. The Morgan fingerprint density at radius 2 is 1.74 bits per heavy atom. The summed E-state index contributed by atoms with van der Waals surface area (Å²) in [5.41, 5.74) is 5.27. The van der Waals surface area contributed by atoms with Gasteiger partial charge in [-0.25, -0.2) is 0 Å². The van der Waals surface area contributed by atoms with Crippen LogP contribution in [-0.4, -0.2) is 16.3 Å². The van der Waals surface area contributed by atoms with Crippen molar-refractivity contribution in [2.45, 2.75) is 58.0 Å². The third-order valence-electron chi connectivity index (χ3n) is 3.39. The Balaban J connectivity index is 2.95. The van der Waals surface area contributed by atoms with E-state index >= 15 is 0 Å². The molecule has 0 radical (unpaired) electrons. The summed E-state index contributed by atoms with van der Waals surface area (Å²) in [6, 6.07) is 4.46. The number of carboxylic acids is 1. The van der Waals surface area contributed by atoms with Crippen molar-refractivity contribution in [3.05, 3.63) is 34.4 Å². The van der Waals surface area contributed by atoms with E-state index in [-0.39, 0.29) is 10.7 Å². The van der Waals surface area contributed by atoms with Crippen LogP contribution in [0.15, 0.2) is 12.1 Å². The third-order valence-corrected chi connectivity index (χ3v) is 4.54. The summed E-state index contributed by atoms with van der Waals surface area (Å²) < 4.78 is 0. The van der Waals surface area contributed by atoms with E-state index in [1.54, 1.807) is 6.92 Å². The van der Waals surface area contributed by atoms with Crippen molar-refractivity contribution in [2.75, 3.05) is 0 Å². The van der Waals surface area contributed by atoms with Crippen LogP contribution in [0.1, 0.15) is 49.9 Å². The fourth-order valence-corrected chi connectivity index (χ4v) is 2.95. The van der Waals surface area contributed by atoms with Gasteiger partial charge >= 0.3 is 5.97 Å². The lowest BCUT2D eigenvalue weighted by Crippen LogP contribution is -2.14. The van der Waals surface area contributed by atoms with Crippen molar-refractivity contribution in [3.8, 4) is 0 Å². The van der Waals surface area contributed by atoms with Gasteiger partial charge in [-0.1, -0.05) is 32.9 Å². The molecule has 19 heavy (non-hydrogen) atoms. The summed E-state index contributed by atoms with van der Waals surface area (Å²) in [5.74, 6) is 0.0156. The van der Waals surface area contributed by atoms with E-state index in [2.05, 4.69) is 46.8 Å². The van der Waals surface area contributed by atoms with Gasteiger partial charge in [-0.05, 0) is 48.4 Å². The minimum Gasteiger partial charge on any atom is -0.480 e. The Morgan fingerprint density at radius 3 is 2.11 bits per heavy atom. The van der Waals surface area contributed by atoms with Crippen LogP contribution in [0.25, 0.3) is 0 Å². The van der Waals surface area contributed by atoms with Gasteiger partial charge in [0.2, 0.25) is 0 Å². The number of hydrogen-bond donors (Lipinski definition) is 1. The minimum absolute atomic E-state index is 0.148. The number of aryl methyl sites for hydroxylation is 2. The molecule has 1 atom stereocenters. The predicted molar refractivity (Wildman–Crippen MR) is 83.0 cm³/mol. The number of benzene rings is 1. The Labute approximate surface area is 120 Å². The van der Waals surface area contributed by atoms with Gasteiger partial charge in [0.25, 0.3) is 0 Å². The molecule has 0 aliphatic carbocycles. The highest BCUT2D eigenvalue weighted by atomic mass is 32.2. The van der Waals surface area contributed by atoms with Crippen LogP contribution in [0.5, 0.6) is 0 Å². The normalized spacial score (nSPS) is 13.4. The molecule has 0 bridgehead atoms. The van der Waals surface area contributed by atoms with Crippen molar-refractivity contribution in [1.29, 1.82) is 0 Å². The average Bonchev–Trinajstić information content (AvgIpc) is 2.25. The Bertz CT molecular complexity index is 449. The van der Waals surface area contributed by atoms with Crippen molar-refractivity contribution in [1.82, 2.24) is 0 Å². The van der Waals surface area contributed by atoms with Gasteiger partial charge in [0.15, 0.2) is 0 Å². The first-order valence-electron chi connectivity index (χ1n) is 6.58. The van der Waals surface area contributed by atoms with E-state index < -0.39 is 5.97 Å². The molecule has 0 spiro atoms. The first kappa shape index (κ1) is 16.1. The Kier molecular flexibility index (Phi) is 5.08. The molecule has 0 heterocycles. The maximum Gasteiger partial charge on any atom is 0.316 e. The van der Waals surface area contributed by atoms with E-state index in [1.165, 1.54) is 34.0 Å². The largest absolute Gasteiger partial charge is 0.480 e. The Morgan fingerprint density at radius 1 is 1.26 bits per heavy atom. The molecule has 0 fully saturated rings. The Hall–Kier alpha value is -0.960. The summed E-state index contributed by atoms with van der Waals surface area (Å²) in [4.78, 5) is 10.9. The third kappa shape index (κ3) is 4.27. The SMILES string of the molecule is Cc1cc(C(C)(C)C)cc(C)c1CSC(C)C(=O)O. The molecule has 1 aromatic rings. The van der Waals surface area contributed by atoms with Crippen molar-refractivity contribution < 1.29 is 9.90 Å². The first-order chi connectivity index (χ1) is 8.62. The zero-order chi connectivity index (χ0) is 14.8. The highest BCUT2D eigenvalue weighted by Gasteiger charge is 2.17. The van der Waals surface area contributed by atoms with E-state index in [0.29, 0.717) is 0 Å². The predicted octanol–water partition coefficient (Wildman–Crippen LogP) is 4.31. The molecule has 1 aromatic carbocycles. The minimum atomic E-state index is -0.744. The van der Waals surface area contributed by atoms with E-state index in [9.17, 15) is 4.79 Å². The van der Waals surface area contributed by atoms with Gasteiger partial charge in [-0.15, -0.1) is 11.8 Å². The topological polar surface area (TPSA) is 37.3 Å². The van der Waals surface area contributed by atoms with Crippen LogP contribution in [0, 0.1) is 13.8 Å². The lowest BCUT2D eigenvalue weighted by atomic mass is 9.84. The van der Waals surface area contributed by atoms with Crippen LogP contribution in [-0.2, 0) is 16.0 Å². The zero-order valence-corrected chi connectivity index (χ0v) is 13.5. The molecular formula is C16H24O2S. The molecule has 0 saturated heterocycles. The molecule has 3 heteroatoms. The second-order valence-electron chi connectivity index (χ2n) is 6.13. The number of aliphatic carboxylic acids is 1. The molecule has 2 nitrogen and oxygen atoms in total. The molecule has 0 aromatic heterocycles. The number of hydrogen-bond acceptors (Lipinski definition) is 2. The van der Waals surface area contributed by atoms with Gasteiger partial charge in [0.05, 0.1) is 5.25 Å².